The van der Waals surface area contributed by atoms with Crippen LogP contribution in [-0.2, 0) is 11.3 Å². The summed E-state index contributed by atoms with van der Waals surface area (Å²) in [5, 5.41) is 16.4. The quantitative estimate of drug-likeness (QED) is 0.802. The molecule has 2 rings (SSSR count). The maximum atomic E-state index is 12.8. The Morgan fingerprint density at radius 2 is 2.12 bits per heavy atom. The van der Waals surface area contributed by atoms with E-state index in [9.17, 15) is 4.39 Å². The molecular formula is C11H9FN4O. The highest BCUT2D eigenvalue weighted by atomic mass is 19.1. The molecule has 1 aromatic heterocycles. The molecule has 86 valence electrons. The molecule has 0 bridgehead atoms. The monoisotopic (exact) mass is 232 g/mol. The summed E-state index contributed by atoms with van der Waals surface area (Å²) in [6.07, 6.45) is 0. The Hall–Kier alpha value is -2.26. The van der Waals surface area contributed by atoms with Crippen LogP contribution in [0.2, 0.25) is 0 Å². The van der Waals surface area contributed by atoms with E-state index in [4.69, 9.17) is 10.00 Å². The standard InChI is InChI=1S/C11H9FN4O/c1-17-7-11-10(6-13)14-15-16(11)9-4-2-8(12)3-5-9/h2-5H,7H2,1H3. The van der Waals surface area contributed by atoms with Gasteiger partial charge in [-0.05, 0) is 24.3 Å². The van der Waals surface area contributed by atoms with Crippen molar-refractivity contribution in [3.8, 4) is 11.8 Å². The van der Waals surface area contributed by atoms with E-state index in [1.54, 1.807) is 12.1 Å². The van der Waals surface area contributed by atoms with Crippen LogP contribution in [0, 0.1) is 17.1 Å². The lowest BCUT2D eigenvalue weighted by molar-refractivity contribution is 0.179. The van der Waals surface area contributed by atoms with Crippen molar-refractivity contribution in [3.63, 3.8) is 0 Å². The van der Waals surface area contributed by atoms with E-state index in [1.165, 1.54) is 23.9 Å². The van der Waals surface area contributed by atoms with Crippen LogP contribution in [0.1, 0.15) is 11.4 Å². The van der Waals surface area contributed by atoms with Crippen LogP contribution in [0.15, 0.2) is 24.3 Å². The highest BCUT2D eigenvalue weighted by Gasteiger charge is 2.13. The van der Waals surface area contributed by atoms with E-state index >= 15 is 0 Å². The van der Waals surface area contributed by atoms with Gasteiger partial charge in [0.05, 0.1) is 12.3 Å². The third-order valence-corrected chi connectivity index (χ3v) is 2.22. The second kappa shape index (κ2) is 4.72. The number of nitrogens with zero attached hydrogens (tertiary/aromatic N) is 4. The first kappa shape index (κ1) is 11.2. The van der Waals surface area contributed by atoms with Gasteiger partial charge < -0.3 is 4.74 Å². The fourth-order valence-corrected chi connectivity index (χ4v) is 1.44. The van der Waals surface area contributed by atoms with E-state index in [0.29, 0.717) is 11.4 Å². The maximum Gasteiger partial charge on any atom is 0.188 e. The molecule has 0 atom stereocenters. The van der Waals surface area contributed by atoms with E-state index < -0.39 is 0 Å². The number of hydrogen-bond donors (Lipinski definition) is 0. The first-order chi connectivity index (χ1) is 8.26. The minimum Gasteiger partial charge on any atom is -0.378 e. The largest absolute Gasteiger partial charge is 0.378 e. The molecule has 1 heterocycles. The summed E-state index contributed by atoms with van der Waals surface area (Å²) in [6, 6.07) is 7.69. The van der Waals surface area contributed by atoms with E-state index in [-0.39, 0.29) is 18.1 Å². The van der Waals surface area contributed by atoms with Crippen molar-refractivity contribution >= 4 is 0 Å². The molecule has 0 amide bonds. The zero-order chi connectivity index (χ0) is 12.3. The second-order valence-electron chi connectivity index (χ2n) is 3.32. The number of nitriles is 1. The summed E-state index contributed by atoms with van der Waals surface area (Å²) in [5.41, 5.74) is 1.38. The van der Waals surface area contributed by atoms with Crippen LogP contribution in [0.4, 0.5) is 4.39 Å². The zero-order valence-electron chi connectivity index (χ0n) is 9.09. The highest BCUT2D eigenvalue weighted by molar-refractivity contribution is 5.36. The minimum absolute atomic E-state index is 0.205. The number of methoxy groups -OCH3 is 1. The molecule has 2 aromatic rings. The molecule has 0 saturated heterocycles. The van der Waals surface area contributed by atoms with Crippen molar-refractivity contribution in [2.45, 2.75) is 6.61 Å². The Balaban J connectivity index is 2.48. The van der Waals surface area contributed by atoms with Crippen molar-refractivity contribution in [3.05, 3.63) is 41.5 Å². The van der Waals surface area contributed by atoms with Crippen molar-refractivity contribution in [1.82, 2.24) is 15.0 Å². The van der Waals surface area contributed by atoms with Crippen LogP contribution in [0.5, 0.6) is 0 Å². The fraction of sp³-hybridized carbons (Fsp3) is 0.182. The zero-order valence-corrected chi connectivity index (χ0v) is 9.09. The average molecular weight is 232 g/mol. The Bertz CT molecular complexity index is 556. The van der Waals surface area contributed by atoms with Gasteiger partial charge in [-0.2, -0.15) is 5.26 Å². The molecule has 0 aliphatic heterocycles. The molecule has 0 aliphatic carbocycles. The van der Waals surface area contributed by atoms with Gasteiger partial charge in [-0.15, -0.1) is 5.10 Å². The van der Waals surface area contributed by atoms with Gasteiger partial charge in [0.1, 0.15) is 17.6 Å². The third kappa shape index (κ3) is 2.14. The molecule has 0 fully saturated rings. The SMILES string of the molecule is COCc1c(C#N)nnn1-c1ccc(F)cc1. The number of aromatic nitrogens is 3. The van der Waals surface area contributed by atoms with Crippen molar-refractivity contribution < 1.29 is 9.13 Å². The number of rotatable bonds is 3. The molecule has 0 radical (unpaired) electrons. The topological polar surface area (TPSA) is 63.7 Å². The predicted octanol–water partition coefficient (Wildman–Crippen LogP) is 1.42. The summed E-state index contributed by atoms with van der Waals surface area (Å²) in [5.74, 6) is -0.331. The van der Waals surface area contributed by atoms with E-state index in [1.807, 2.05) is 6.07 Å². The van der Waals surface area contributed by atoms with Gasteiger partial charge in [-0.25, -0.2) is 9.07 Å². The molecule has 0 N–H and O–H groups in total. The minimum atomic E-state index is -0.331. The third-order valence-electron chi connectivity index (χ3n) is 2.22. The Kier molecular flexibility index (Phi) is 3.12. The Morgan fingerprint density at radius 3 is 2.71 bits per heavy atom. The van der Waals surface area contributed by atoms with Crippen LogP contribution in [0.25, 0.3) is 5.69 Å². The normalized spacial score (nSPS) is 10.2. The number of halogens is 1. The van der Waals surface area contributed by atoms with Gasteiger partial charge in [0.2, 0.25) is 0 Å². The van der Waals surface area contributed by atoms with Gasteiger partial charge in [0.15, 0.2) is 5.69 Å². The first-order valence-corrected chi connectivity index (χ1v) is 4.86. The predicted molar refractivity (Wildman–Crippen MR) is 56.7 cm³/mol. The van der Waals surface area contributed by atoms with Gasteiger partial charge in [0.25, 0.3) is 0 Å². The van der Waals surface area contributed by atoms with Crippen molar-refractivity contribution in [2.75, 3.05) is 7.11 Å². The van der Waals surface area contributed by atoms with E-state index in [0.717, 1.165) is 0 Å². The van der Waals surface area contributed by atoms with Crippen molar-refractivity contribution in [1.29, 1.82) is 5.26 Å². The van der Waals surface area contributed by atoms with Gasteiger partial charge in [-0.1, -0.05) is 5.21 Å². The molecule has 0 saturated carbocycles. The summed E-state index contributed by atoms with van der Waals surface area (Å²) < 4.78 is 19.2. The average Bonchev–Trinajstić information content (AvgIpc) is 2.74. The molecule has 6 heteroatoms. The molecule has 17 heavy (non-hydrogen) atoms. The summed E-state index contributed by atoms with van der Waals surface area (Å²) >= 11 is 0. The van der Waals surface area contributed by atoms with Crippen LogP contribution in [0.3, 0.4) is 0 Å². The van der Waals surface area contributed by atoms with Gasteiger partial charge in [-0.3, -0.25) is 0 Å². The summed E-state index contributed by atoms with van der Waals surface area (Å²) in [4.78, 5) is 0. The van der Waals surface area contributed by atoms with Crippen LogP contribution >= 0.6 is 0 Å². The number of benzene rings is 1. The molecule has 1 aromatic carbocycles. The number of hydrogen-bond acceptors (Lipinski definition) is 4. The van der Waals surface area contributed by atoms with Crippen molar-refractivity contribution in [2.24, 2.45) is 0 Å². The Labute approximate surface area is 97.1 Å². The molecular weight excluding hydrogens is 223 g/mol. The summed E-state index contributed by atoms with van der Waals surface area (Å²) in [6.45, 7) is 0.216. The van der Waals surface area contributed by atoms with Crippen LogP contribution < -0.4 is 0 Å². The van der Waals surface area contributed by atoms with Crippen LogP contribution in [-0.4, -0.2) is 22.1 Å². The molecule has 0 spiro atoms. The van der Waals surface area contributed by atoms with E-state index in [2.05, 4.69) is 10.3 Å². The van der Waals surface area contributed by atoms with Gasteiger partial charge in [0, 0.05) is 7.11 Å². The highest BCUT2D eigenvalue weighted by Crippen LogP contribution is 2.13. The lowest BCUT2D eigenvalue weighted by Crippen LogP contribution is -2.04. The summed E-state index contributed by atoms with van der Waals surface area (Å²) in [7, 11) is 1.52. The maximum absolute atomic E-state index is 12.8. The van der Waals surface area contributed by atoms with Gasteiger partial charge >= 0.3 is 0 Å². The second-order valence-corrected chi connectivity index (χ2v) is 3.32. The fourth-order valence-electron chi connectivity index (χ4n) is 1.44. The molecule has 0 unspecified atom stereocenters. The lowest BCUT2D eigenvalue weighted by Gasteiger charge is -2.05. The smallest absolute Gasteiger partial charge is 0.188 e. The lowest BCUT2D eigenvalue weighted by atomic mass is 10.3. The molecule has 5 nitrogen and oxygen atoms in total. The molecule has 0 aliphatic rings. The first-order valence-electron chi connectivity index (χ1n) is 4.86. The number of ether oxygens (including phenoxy) is 1. The Morgan fingerprint density at radius 1 is 1.41 bits per heavy atom.